The first-order chi connectivity index (χ1) is 12.0. The molecule has 0 aromatic heterocycles. The van der Waals surface area contributed by atoms with E-state index in [0.717, 1.165) is 23.8 Å². The maximum Gasteiger partial charge on any atom is 0.270 e. The van der Waals surface area contributed by atoms with Gasteiger partial charge in [0.05, 0.1) is 28.2 Å². The van der Waals surface area contributed by atoms with E-state index in [-0.39, 0.29) is 22.8 Å². The zero-order chi connectivity index (χ0) is 18.0. The van der Waals surface area contributed by atoms with Crippen LogP contribution >= 0.6 is 11.6 Å². The average molecular weight is 363 g/mol. The minimum atomic E-state index is -0.883. The van der Waals surface area contributed by atoms with Crippen LogP contribution in [-0.2, 0) is 6.42 Å². The molecule has 0 saturated carbocycles. The van der Waals surface area contributed by atoms with E-state index >= 15 is 0 Å². The second kappa shape index (κ2) is 7.08. The summed E-state index contributed by atoms with van der Waals surface area (Å²) in [6.45, 7) is 0.621. The van der Waals surface area contributed by atoms with Gasteiger partial charge in [0.25, 0.3) is 11.6 Å². The van der Waals surface area contributed by atoms with Gasteiger partial charge in [0.2, 0.25) is 0 Å². The van der Waals surface area contributed by atoms with E-state index in [1.54, 1.807) is 12.1 Å². The number of ether oxygens (including phenoxy) is 1. The smallest absolute Gasteiger partial charge is 0.270 e. The van der Waals surface area contributed by atoms with Crippen LogP contribution in [0.4, 0.5) is 5.69 Å². The molecule has 2 aromatic rings. The summed E-state index contributed by atoms with van der Waals surface area (Å²) >= 11 is 5.92. The Labute approximate surface area is 148 Å². The van der Waals surface area contributed by atoms with Gasteiger partial charge in [0.1, 0.15) is 5.75 Å². The van der Waals surface area contributed by atoms with Crippen LogP contribution in [0.3, 0.4) is 0 Å². The van der Waals surface area contributed by atoms with Crippen molar-refractivity contribution < 1.29 is 19.6 Å². The fourth-order valence-electron chi connectivity index (χ4n) is 2.62. The lowest BCUT2D eigenvalue weighted by atomic mass is 10.0. The molecular formula is C17H15ClN2O5. The first-order valence-electron chi connectivity index (χ1n) is 7.61. The molecule has 130 valence electrons. The van der Waals surface area contributed by atoms with E-state index in [1.165, 1.54) is 12.1 Å². The Bertz CT molecular complexity index is 840. The Morgan fingerprint density at radius 1 is 1.36 bits per heavy atom. The average Bonchev–Trinajstić information content (AvgIpc) is 3.06. The van der Waals surface area contributed by atoms with Crippen LogP contribution in [0.1, 0.15) is 27.6 Å². The van der Waals surface area contributed by atoms with E-state index in [1.807, 2.05) is 6.07 Å². The zero-order valence-corrected chi connectivity index (χ0v) is 13.8. The van der Waals surface area contributed by atoms with Gasteiger partial charge < -0.3 is 15.2 Å². The molecule has 7 nitrogen and oxygen atoms in total. The predicted octanol–water partition coefficient (Wildman–Crippen LogP) is 2.65. The summed E-state index contributed by atoms with van der Waals surface area (Å²) < 4.78 is 5.41. The minimum Gasteiger partial charge on any atom is -0.493 e. The number of nitrogens with zero attached hydrogens (tertiary/aromatic N) is 1. The fraction of sp³-hybridized carbons (Fsp3) is 0.235. The maximum absolute atomic E-state index is 12.2. The van der Waals surface area contributed by atoms with E-state index in [0.29, 0.717) is 12.2 Å². The molecule has 1 aliphatic rings. The number of aliphatic hydroxyl groups excluding tert-OH is 1. The zero-order valence-electron chi connectivity index (χ0n) is 13.1. The third-order valence-electron chi connectivity index (χ3n) is 3.96. The maximum atomic E-state index is 12.2. The number of fused-ring (bicyclic) bond motifs is 1. The highest BCUT2D eigenvalue weighted by molar-refractivity contribution is 6.34. The molecule has 0 radical (unpaired) electrons. The summed E-state index contributed by atoms with van der Waals surface area (Å²) in [4.78, 5) is 22.3. The highest BCUT2D eigenvalue weighted by Crippen LogP contribution is 2.28. The summed E-state index contributed by atoms with van der Waals surface area (Å²) in [7, 11) is 0. The van der Waals surface area contributed by atoms with E-state index in [4.69, 9.17) is 16.3 Å². The minimum absolute atomic E-state index is 0.00814. The number of aliphatic hydroxyl groups is 1. The lowest BCUT2D eigenvalue weighted by Crippen LogP contribution is -2.28. The second-order valence-electron chi connectivity index (χ2n) is 5.61. The van der Waals surface area contributed by atoms with Crippen LogP contribution < -0.4 is 10.1 Å². The molecule has 25 heavy (non-hydrogen) atoms. The van der Waals surface area contributed by atoms with Gasteiger partial charge in [0, 0.05) is 25.1 Å². The number of carbonyl (C=O) groups is 1. The molecule has 1 aliphatic heterocycles. The van der Waals surface area contributed by atoms with Crippen LogP contribution in [0.2, 0.25) is 5.02 Å². The number of halogens is 1. The molecule has 1 atom stereocenters. The first-order valence-corrected chi connectivity index (χ1v) is 7.99. The number of benzene rings is 2. The lowest BCUT2D eigenvalue weighted by Gasteiger charge is -2.13. The Morgan fingerprint density at radius 2 is 2.16 bits per heavy atom. The SMILES string of the molecule is O=C(NCC(O)c1ccc2c(c1)CCO2)c1ccc([N+](=O)[O-])cc1Cl. The Kier molecular flexibility index (Phi) is 4.87. The van der Waals surface area contributed by atoms with Crippen molar-refractivity contribution in [1.82, 2.24) is 5.32 Å². The summed E-state index contributed by atoms with van der Waals surface area (Å²) in [5.74, 6) is 0.307. The largest absolute Gasteiger partial charge is 0.493 e. The predicted molar refractivity (Wildman–Crippen MR) is 91.0 cm³/mol. The molecule has 2 N–H and O–H groups in total. The van der Waals surface area contributed by atoms with Crippen molar-refractivity contribution in [3.8, 4) is 5.75 Å². The van der Waals surface area contributed by atoms with Crippen molar-refractivity contribution in [2.75, 3.05) is 13.2 Å². The molecule has 8 heteroatoms. The Morgan fingerprint density at radius 3 is 2.88 bits per heavy atom. The van der Waals surface area contributed by atoms with Crippen molar-refractivity contribution in [2.24, 2.45) is 0 Å². The van der Waals surface area contributed by atoms with Crippen molar-refractivity contribution >= 4 is 23.2 Å². The number of hydrogen-bond acceptors (Lipinski definition) is 5. The van der Waals surface area contributed by atoms with E-state index < -0.39 is 16.9 Å². The molecule has 0 aliphatic carbocycles. The van der Waals surface area contributed by atoms with E-state index in [9.17, 15) is 20.0 Å². The number of amides is 1. The Hall–Kier alpha value is -2.64. The van der Waals surface area contributed by atoms with Crippen LogP contribution in [0.25, 0.3) is 0 Å². The van der Waals surface area contributed by atoms with E-state index in [2.05, 4.69) is 5.32 Å². The van der Waals surface area contributed by atoms with Crippen LogP contribution in [-0.4, -0.2) is 29.1 Å². The fourth-order valence-corrected chi connectivity index (χ4v) is 2.88. The molecule has 0 bridgehead atoms. The molecule has 0 fully saturated rings. The van der Waals surface area contributed by atoms with Gasteiger partial charge in [-0.15, -0.1) is 0 Å². The molecule has 2 aromatic carbocycles. The van der Waals surface area contributed by atoms with Gasteiger partial charge in [-0.1, -0.05) is 17.7 Å². The van der Waals surface area contributed by atoms with Crippen LogP contribution in [0.5, 0.6) is 5.75 Å². The van der Waals surface area contributed by atoms with Crippen molar-refractivity contribution in [1.29, 1.82) is 0 Å². The van der Waals surface area contributed by atoms with Crippen molar-refractivity contribution in [2.45, 2.75) is 12.5 Å². The topological polar surface area (TPSA) is 102 Å². The van der Waals surface area contributed by atoms with Gasteiger partial charge in [-0.25, -0.2) is 0 Å². The summed E-state index contributed by atoms with van der Waals surface area (Å²) in [6.07, 6.45) is -0.0904. The number of carbonyl (C=O) groups excluding carboxylic acids is 1. The summed E-state index contributed by atoms with van der Waals surface area (Å²) in [6, 6.07) is 9.02. The number of rotatable bonds is 5. The quantitative estimate of drug-likeness (QED) is 0.629. The molecule has 0 spiro atoms. The normalized spacial score (nSPS) is 13.7. The second-order valence-corrected chi connectivity index (χ2v) is 6.02. The van der Waals surface area contributed by atoms with Gasteiger partial charge in [-0.2, -0.15) is 0 Å². The summed E-state index contributed by atoms with van der Waals surface area (Å²) in [5, 5.41) is 23.5. The standard InChI is InChI=1S/C17H15ClN2O5/c18-14-8-12(20(23)24)2-3-13(14)17(22)19-9-15(21)10-1-4-16-11(7-10)5-6-25-16/h1-4,7-8,15,21H,5-6,9H2,(H,19,22). The molecular weight excluding hydrogens is 348 g/mol. The van der Waals surface area contributed by atoms with Gasteiger partial charge in [-0.3, -0.25) is 14.9 Å². The first kappa shape index (κ1) is 17.2. The molecule has 1 amide bonds. The molecule has 0 saturated heterocycles. The number of non-ortho nitro benzene ring substituents is 1. The van der Waals surface area contributed by atoms with Gasteiger partial charge in [-0.05, 0) is 29.3 Å². The number of nitrogens with one attached hydrogen (secondary N) is 1. The van der Waals surface area contributed by atoms with Crippen LogP contribution in [0.15, 0.2) is 36.4 Å². The number of nitro groups is 1. The third-order valence-corrected chi connectivity index (χ3v) is 4.28. The molecule has 1 heterocycles. The Balaban J connectivity index is 1.65. The van der Waals surface area contributed by atoms with Crippen molar-refractivity contribution in [3.63, 3.8) is 0 Å². The highest BCUT2D eigenvalue weighted by Gasteiger charge is 2.18. The lowest BCUT2D eigenvalue weighted by molar-refractivity contribution is -0.384. The van der Waals surface area contributed by atoms with Crippen molar-refractivity contribution in [3.05, 3.63) is 68.2 Å². The van der Waals surface area contributed by atoms with Crippen LogP contribution in [0, 0.1) is 10.1 Å². The molecule has 1 unspecified atom stereocenters. The summed E-state index contributed by atoms with van der Waals surface area (Å²) in [5.41, 5.74) is 1.63. The monoisotopic (exact) mass is 362 g/mol. The van der Waals surface area contributed by atoms with Gasteiger partial charge >= 0.3 is 0 Å². The third kappa shape index (κ3) is 3.72. The number of hydrogen-bond donors (Lipinski definition) is 2. The number of nitro benzene ring substituents is 1. The highest BCUT2D eigenvalue weighted by atomic mass is 35.5. The van der Waals surface area contributed by atoms with Gasteiger partial charge in [0.15, 0.2) is 0 Å². The molecule has 3 rings (SSSR count).